The smallest absolute Gasteiger partial charge is 0.138 e. The standard InChI is InChI=1S/C15H25NO2/c1-5-6-7-12(4)15(17)13-8-14(10-16-9-13)18-11(2)3/h8-12,15,17H,5-7H2,1-4H3. The molecule has 0 aromatic carbocycles. The average molecular weight is 251 g/mol. The molecule has 0 saturated carbocycles. The normalized spacial score (nSPS) is 14.6. The summed E-state index contributed by atoms with van der Waals surface area (Å²) in [5.41, 5.74) is 0.844. The van der Waals surface area contributed by atoms with Gasteiger partial charge in [0.2, 0.25) is 0 Å². The van der Waals surface area contributed by atoms with Gasteiger partial charge in [-0.25, -0.2) is 0 Å². The summed E-state index contributed by atoms with van der Waals surface area (Å²) in [6.07, 6.45) is 6.41. The fraction of sp³-hybridized carbons (Fsp3) is 0.667. The number of pyridine rings is 1. The highest BCUT2D eigenvalue weighted by molar-refractivity contribution is 5.25. The number of nitrogens with zero attached hydrogens (tertiary/aromatic N) is 1. The molecule has 0 spiro atoms. The minimum Gasteiger partial charge on any atom is -0.489 e. The first-order chi connectivity index (χ1) is 8.54. The van der Waals surface area contributed by atoms with Crippen molar-refractivity contribution in [3.05, 3.63) is 24.0 Å². The maximum absolute atomic E-state index is 10.3. The molecule has 2 atom stereocenters. The van der Waals surface area contributed by atoms with Crippen LogP contribution in [0, 0.1) is 5.92 Å². The second-order valence-electron chi connectivity index (χ2n) is 5.18. The molecule has 2 unspecified atom stereocenters. The van der Waals surface area contributed by atoms with Crippen LogP contribution in [0.25, 0.3) is 0 Å². The van der Waals surface area contributed by atoms with Gasteiger partial charge in [-0.1, -0.05) is 26.7 Å². The molecule has 1 rings (SSSR count). The number of rotatable bonds is 7. The van der Waals surface area contributed by atoms with Crippen LogP contribution in [0.15, 0.2) is 18.5 Å². The van der Waals surface area contributed by atoms with Crippen LogP contribution in [-0.4, -0.2) is 16.2 Å². The summed E-state index contributed by atoms with van der Waals surface area (Å²) in [5, 5.41) is 10.3. The molecule has 3 heteroatoms. The van der Waals surface area contributed by atoms with E-state index in [4.69, 9.17) is 4.74 Å². The lowest BCUT2D eigenvalue weighted by molar-refractivity contribution is 0.110. The van der Waals surface area contributed by atoms with Gasteiger partial charge < -0.3 is 9.84 Å². The molecule has 0 aliphatic rings. The van der Waals surface area contributed by atoms with Crippen LogP contribution >= 0.6 is 0 Å². The highest BCUT2D eigenvalue weighted by Gasteiger charge is 2.17. The van der Waals surface area contributed by atoms with Crippen molar-refractivity contribution < 1.29 is 9.84 Å². The topological polar surface area (TPSA) is 42.4 Å². The zero-order chi connectivity index (χ0) is 13.5. The van der Waals surface area contributed by atoms with E-state index in [0.29, 0.717) is 0 Å². The Morgan fingerprint density at radius 1 is 1.28 bits per heavy atom. The van der Waals surface area contributed by atoms with Gasteiger partial charge in [-0.05, 0) is 32.3 Å². The molecule has 0 radical (unpaired) electrons. The first-order valence-electron chi connectivity index (χ1n) is 6.84. The fourth-order valence-corrected chi connectivity index (χ4v) is 1.95. The Morgan fingerprint density at radius 2 is 2.00 bits per heavy atom. The SMILES string of the molecule is CCCCC(C)C(O)c1cncc(OC(C)C)c1. The number of hydrogen-bond acceptors (Lipinski definition) is 3. The summed E-state index contributed by atoms with van der Waals surface area (Å²) >= 11 is 0. The first-order valence-corrected chi connectivity index (χ1v) is 6.84. The summed E-state index contributed by atoms with van der Waals surface area (Å²) in [6.45, 7) is 8.20. The van der Waals surface area contributed by atoms with Crippen molar-refractivity contribution in [1.29, 1.82) is 0 Å². The van der Waals surface area contributed by atoms with Gasteiger partial charge in [0.25, 0.3) is 0 Å². The van der Waals surface area contributed by atoms with Crippen molar-refractivity contribution in [2.75, 3.05) is 0 Å². The largest absolute Gasteiger partial charge is 0.489 e. The molecule has 18 heavy (non-hydrogen) atoms. The third-order valence-corrected chi connectivity index (χ3v) is 3.00. The third kappa shape index (κ3) is 4.65. The predicted octanol–water partition coefficient (Wildman–Crippen LogP) is 3.73. The van der Waals surface area contributed by atoms with Crippen LogP contribution in [0.2, 0.25) is 0 Å². The zero-order valence-corrected chi connectivity index (χ0v) is 11.9. The van der Waals surface area contributed by atoms with Gasteiger partial charge in [-0.15, -0.1) is 0 Å². The van der Waals surface area contributed by atoms with Gasteiger partial charge in [0.1, 0.15) is 5.75 Å². The predicted molar refractivity (Wildman–Crippen MR) is 73.6 cm³/mol. The fourth-order valence-electron chi connectivity index (χ4n) is 1.95. The summed E-state index contributed by atoms with van der Waals surface area (Å²) < 4.78 is 5.59. The van der Waals surface area contributed by atoms with Crippen LogP contribution in [-0.2, 0) is 0 Å². The van der Waals surface area contributed by atoms with E-state index >= 15 is 0 Å². The maximum atomic E-state index is 10.3. The molecule has 102 valence electrons. The van der Waals surface area contributed by atoms with Crippen LogP contribution in [0.1, 0.15) is 58.6 Å². The lowest BCUT2D eigenvalue weighted by Gasteiger charge is -2.19. The molecule has 0 amide bonds. The maximum Gasteiger partial charge on any atom is 0.138 e. The number of hydrogen-bond donors (Lipinski definition) is 1. The van der Waals surface area contributed by atoms with E-state index in [1.54, 1.807) is 12.4 Å². The van der Waals surface area contributed by atoms with Crippen LogP contribution < -0.4 is 4.74 Å². The highest BCUT2D eigenvalue weighted by atomic mass is 16.5. The Bertz CT molecular complexity index is 352. The molecule has 0 saturated heterocycles. The third-order valence-electron chi connectivity index (χ3n) is 3.00. The van der Waals surface area contributed by atoms with Crippen LogP contribution in [0.3, 0.4) is 0 Å². The van der Waals surface area contributed by atoms with E-state index in [1.807, 2.05) is 19.9 Å². The molecule has 1 N–H and O–H groups in total. The van der Waals surface area contributed by atoms with Gasteiger partial charge in [-0.3, -0.25) is 4.98 Å². The van der Waals surface area contributed by atoms with E-state index in [2.05, 4.69) is 18.8 Å². The highest BCUT2D eigenvalue weighted by Crippen LogP contribution is 2.27. The molecule has 0 fully saturated rings. The minimum absolute atomic E-state index is 0.122. The van der Waals surface area contributed by atoms with Crippen molar-refractivity contribution in [2.45, 2.75) is 59.2 Å². The van der Waals surface area contributed by atoms with E-state index in [1.165, 1.54) is 0 Å². The van der Waals surface area contributed by atoms with Gasteiger partial charge in [-0.2, -0.15) is 0 Å². The zero-order valence-electron chi connectivity index (χ0n) is 11.9. The number of aliphatic hydroxyl groups excluding tert-OH is 1. The molecule has 0 aliphatic carbocycles. The van der Waals surface area contributed by atoms with Gasteiger partial charge in [0, 0.05) is 11.8 Å². The van der Waals surface area contributed by atoms with Crippen molar-refractivity contribution in [3.63, 3.8) is 0 Å². The van der Waals surface area contributed by atoms with E-state index in [-0.39, 0.29) is 12.0 Å². The molecule has 0 aliphatic heterocycles. The summed E-state index contributed by atoms with van der Waals surface area (Å²) in [5.74, 6) is 0.977. The number of aromatic nitrogens is 1. The van der Waals surface area contributed by atoms with Crippen molar-refractivity contribution in [1.82, 2.24) is 4.98 Å². The second-order valence-corrected chi connectivity index (χ2v) is 5.18. The quantitative estimate of drug-likeness (QED) is 0.803. The Balaban J connectivity index is 2.69. The monoisotopic (exact) mass is 251 g/mol. The van der Waals surface area contributed by atoms with Crippen molar-refractivity contribution in [3.8, 4) is 5.75 Å². The van der Waals surface area contributed by atoms with Crippen LogP contribution in [0.4, 0.5) is 0 Å². The Kier molecular flexibility index (Phi) is 6.13. The summed E-state index contributed by atoms with van der Waals surface area (Å²) in [7, 11) is 0. The Morgan fingerprint density at radius 3 is 2.61 bits per heavy atom. The molecule has 1 aromatic heterocycles. The average Bonchev–Trinajstić information content (AvgIpc) is 2.34. The molecular weight excluding hydrogens is 226 g/mol. The first kappa shape index (κ1) is 15.0. The molecule has 3 nitrogen and oxygen atoms in total. The van der Waals surface area contributed by atoms with E-state index in [9.17, 15) is 5.11 Å². The van der Waals surface area contributed by atoms with Gasteiger partial charge >= 0.3 is 0 Å². The Hall–Kier alpha value is -1.09. The van der Waals surface area contributed by atoms with E-state index in [0.717, 1.165) is 30.6 Å². The number of unbranched alkanes of at least 4 members (excludes halogenated alkanes) is 1. The lowest BCUT2D eigenvalue weighted by Crippen LogP contribution is -2.11. The lowest BCUT2D eigenvalue weighted by atomic mass is 9.94. The van der Waals surface area contributed by atoms with Gasteiger partial charge in [0.15, 0.2) is 0 Å². The van der Waals surface area contributed by atoms with Crippen molar-refractivity contribution >= 4 is 0 Å². The van der Waals surface area contributed by atoms with E-state index < -0.39 is 6.10 Å². The molecular formula is C15H25NO2. The van der Waals surface area contributed by atoms with Crippen molar-refractivity contribution in [2.24, 2.45) is 5.92 Å². The van der Waals surface area contributed by atoms with Gasteiger partial charge in [0.05, 0.1) is 18.4 Å². The minimum atomic E-state index is -0.459. The Labute approximate surface area is 110 Å². The second kappa shape index (κ2) is 7.37. The summed E-state index contributed by atoms with van der Waals surface area (Å²) in [4.78, 5) is 4.14. The van der Waals surface area contributed by atoms with Crippen LogP contribution in [0.5, 0.6) is 5.75 Å². The number of ether oxygens (including phenoxy) is 1. The molecule has 1 heterocycles. The molecule has 0 bridgehead atoms. The number of aliphatic hydroxyl groups is 1. The summed E-state index contributed by atoms with van der Waals surface area (Å²) in [6, 6.07) is 1.89. The molecule has 1 aromatic rings.